The van der Waals surface area contributed by atoms with Crippen LogP contribution in [-0.4, -0.2) is 67.5 Å². The van der Waals surface area contributed by atoms with Crippen molar-refractivity contribution < 1.29 is 32.3 Å². The van der Waals surface area contributed by atoms with Crippen molar-refractivity contribution in [1.29, 1.82) is 0 Å². The number of Topliss-reactive ketones (excluding diaryl/α,β-unsaturated/α-hetero) is 1. The minimum Gasteiger partial charge on any atom is -0.465 e. The first-order chi connectivity index (χ1) is 13.5. The molecule has 0 aliphatic carbocycles. The SMILES string of the molecule is CCS(=O)(=O)N1CCC(C(=O)OC(C)C(=O)c2[nH]c(C)c(C(=O)OC)c2C)CC1. The first-order valence-electron chi connectivity index (χ1n) is 9.53. The molecule has 9 nitrogen and oxygen atoms in total. The molecule has 0 amide bonds. The molecule has 0 saturated carbocycles. The number of rotatable bonds is 7. The highest BCUT2D eigenvalue weighted by atomic mass is 32.2. The van der Waals surface area contributed by atoms with Crippen LogP contribution in [0, 0.1) is 19.8 Å². The topological polar surface area (TPSA) is 123 Å². The summed E-state index contributed by atoms with van der Waals surface area (Å²) in [6.07, 6.45) is -0.333. The second-order valence-corrected chi connectivity index (χ2v) is 9.39. The molecule has 10 heteroatoms. The third-order valence-corrected chi connectivity index (χ3v) is 7.16. The van der Waals surface area contributed by atoms with Crippen LogP contribution < -0.4 is 0 Å². The van der Waals surface area contributed by atoms with E-state index in [9.17, 15) is 22.8 Å². The van der Waals surface area contributed by atoms with Crippen LogP contribution in [0.25, 0.3) is 0 Å². The van der Waals surface area contributed by atoms with Crippen molar-refractivity contribution in [1.82, 2.24) is 9.29 Å². The Kier molecular flexibility index (Phi) is 7.23. The third kappa shape index (κ3) is 4.87. The predicted molar refractivity (Wildman–Crippen MR) is 105 cm³/mol. The van der Waals surface area contributed by atoms with E-state index in [1.165, 1.54) is 18.3 Å². The number of aromatic amines is 1. The summed E-state index contributed by atoms with van der Waals surface area (Å²) in [5.41, 5.74) is 1.44. The first kappa shape index (κ1) is 23.1. The predicted octanol–water partition coefficient (Wildman–Crippen LogP) is 1.59. The van der Waals surface area contributed by atoms with Crippen LogP contribution in [0.4, 0.5) is 0 Å². The number of ketones is 1. The molecule has 1 aliphatic heterocycles. The molecule has 162 valence electrons. The van der Waals surface area contributed by atoms with Gasteiger partial charge in [-0.05, 0) is 46.1 Å². The van der Waals surface area contributed by atoms with Crippen LogP contribution in [0.15, 0.2) is 0 Å². The van der Waals surface area contributed by atoms with Gasteiger partial charge in [0.15, 0.2) is 6.10 Å². The van der Waals surface area contributed by atoms with Crippen LogP contribution in [0.2, 0.25) is 0 Å². The number of hydrogen-bond acceptors (Lipinski definition) is 7. The lowest BCUT2D eigenvalue weighted by Gasteiger charge is -2.30. The Labute approximate surface area is 170 Å². The summed E-state index contributed by atoms with van der Waals surface area (Å²) in [5.74, 6) is -1.94. The minimum absolute atomic E-state index is 0.0239. The summed E-state index contributed by atoms with van der Waals surface area (Å²) >= 11 is 0. The Bertz CT molecular complexity index is 896. The maximum absolute atomic E-state index is 12.7. The van der Waals surface area contributed by atoms with Crippen molar-refractivity contribution in [3.8, 4) is 0 Å². The molecule has 1 atom stereocenters. The second-order valence-electron chi connectivity index (χ2n) is 7.13. The number of esters is 2. The molecular weight excluding hydrogens is 400 g/mol. The van der Waals surface area contributed by atoms with Crippen molar-refractivity contribution >= 4 is 27.7 Å². The zero-order chi connectivity index (χ0) is 21.9. The molecule has 2 rings (SSSR count). The monoisotopic (exact) mass is 428 g/mol. The van der Waals surface area contributed by atoms with E-state index in [4.69, 9.17) is 9.47 Å². The lowest BCUT2D eigenvalue weighted by atomic mass is 9.98. The van der Waals surface area contributed by atoms with Crippen molar-refractivity contribution in [3.63, 3.8) is 0 Å². The maximum atomic E-state index is 12.7. The van der Waals surface area contributed by atoms with Crippen LogP contribution >= 0.6 is 0 Å². The van der Waals surface area contributed by atoms with Gasteiger partial charge >= 0.3 is 11.9 Å². The molecule has 0 spiro atoms. The number of aryl methyl sites for hydroxylation is 1. The molecule has 29 heavy (non-hydrogen) atoms. The Morgan fingerprint density at radius 3 is 2.31 bits per heavy atom. The molecule has 0 aromatic carbocycles. The summed E-state index contributed by atoms with van der Waals surface area (Å²) in [7, 11) is -2.01. The van der Waals surface area contributed by atoms with Gasteiger partial charge in [-0.3, -0.25) is 9.59 Å². The number of nitrogens with zero attached hydrogens (tertiary/aromatic N) is 1. The molecule has 0 bridgehead atoms. The number of carbonyl (C=O) groups is 3. The van der Waals surface area contributed by atoms with E-state index in [0.29, 0.717) is 29.7 Å². The van der Waals surface area contributed by atoms with Crippen LogP contribution in [-0.2, 0) is 24.3 Å². The number of H-pyrrole nitrogens is 1. The highest BCUT2D eigenvalue weighted by Crippen LogP contribution is 2.24. The number of sulfonamides is 1. The normalized spacial score (nSPS) is 17.0. The van der Waals surface area contributed by atoms with Crippen molar-refractivity contribution in [3.05, 3.63) is 22.5 Å². The molecule has 2 heterocycles. The zero-order valence-electron chi connectivity index (χ0n) is 17.4. The fourth-order valence-electron chi connectivity index (χ4n) is 3.48. The molecule has 1 unspecified atom stereocenters. The minimum atomic E-state index is -3.27. The highest BCUT2D eigenvalue weighted by molar-refractivity contribution is 7.89. The van der Waals surface area contributed by atoms with Gasteiger partial charge in [0.25, 0.3) is 0 Å². The van der Waals surface area contributed by atoms with Gasteiger partial charge in [-0.15, -0.1) is 0 Å². The van der Waals surface area contributed by atoms with Gasteiger partial charge in [0.2, 0.25) is 15.8 Å². The summed E-state index contributed by atoms with van der Waals surface area (Å²) in [6.45, 7) is 6.86. The van der Waals surface area contributed by atoms with Gasteiger partial charge in [-0.1, -0.05) is 0 Å². The van der Waals surface area contributed by atoms with Crippen molar-refractivity contribution in [2.24, 2.45) is 5.92 Å². The van der Waals surface area contributed by atoms with Crippen LogP contribution in [0.1, 0.15) is 58.8 Å². The highest BCUT2D eigenvalue weighted by Gasteiger charge is 2.33. The van der Waals surface area contributed by atoms with E-state index >= 15 is 0 Å². The van der Waals surface area contributed by atoms with E-state index in [1.54, 1.807) is 20.8 Å². The van der Waals surface area contributed by atoms with E-state index in [-0.39, 0.29) is 24.5 Å². The lowest BCUT2D eigenvalue weighted by Crippen LogP contribution is -2.42. The number of piperidine rings is 1. The van der Waals surface area contributed by atoms with Crippen LogP contribution in [0.5, 0.6) is 0 Å². The van der Waals surface area contributed by atoms with Gasteiger partial charge < -0.3 is 14.5 Å². The lowest BCUT2D eigenvalue weighted by molar-refractivity contribution is -0.152. The van der Waals surface area contributed by atoms with Gasteiger partial charge in [-0.25, -0.2) is 17.5 Å². The number of aromatic nitrogens is 1. The first-order valence-corrected chi connectivity index (χ1v) is 11.1. The summed E-state index contributed by atoms with van der Waals surface area (Å²) < 4.78 is 35.3. The number of nitrogens with one attached hydrogen (secondary N) is 1. The van der Waals surface area contributed by atoms with Gasteiger partial charge in [-0.2, -0.15) is 0 Å². The molecular formula is C19H28N2O7S. The summed E-state index contributed by atoms with van der Waals surface area (Å²) in [5, 5.41) is 0. The Balaban J connectivity index is 2.02. The number of methoxy groups -OCH3 is 1. The maximum Gasteiger partial charge on any atom is 0.339 e. The van der Waals surface area contributed by atoms with E-state index in [1.807, 2.05) is 0 Å². The molecule has 0 radical (unpaired) electrons. The van der Waals surface area contributed by atoms with Crippen LogP contribution in [0.3, 0.4) is 0 Å². The summed E-state index contributed by atoms with van der Waals surface area (Å²) in [4.78, 5) is 39.9. The van der Waals surface area contributed by atoms with E-state index < -0.39 is 39.8 Å². The quantitative estimate of drug-likeness (QED) is 0.517. The standard InChI is InChI=1S/C19H28N2O7S/c1-6-29(25,26)21-9-7-14(8-10-21)18(23)28-13(4)17(22)16-11(2)15(12(3)20-16)19(24)27-5/h13-14,20H,6-10H2,1-5H3. The fraction of sp³-hybridized carbons (Fsp3) is 0.632. The average molecular weight is 429 g/mol. The molecule has 1 fully saturated rings. The number of carbonyl (C=O) groups excluding carboxylic acids is 3. The second kappa shape index (κ2) is 9.08. The molecule has 1 N–H and O–H groups in total. The number of ether oxygens (including phenoxy) is 2. The molecule has 1 aromatic rings. The third-order valence-electron chi connectivity index (χ3n) is 5.28. The smallest absolute Gasteiger partial charge is 0.339 e. The number of hydrogen-bond donors (Lipinski definition) is 1. The van der Waals surface area contributed by atoms with E-state index in [0.717, 1.165) is 0 Å². The zero-order valence-corrected chi connectivity index (χ0v) is 18.2. The molecule has 1 saturated heterocycles. The van der Waals surface area contributed by atoms with Crippen molar-refractivity contribution in [2.75, 3.05) is 26.0 Å². The average Bonchev–Trinajstić information content (AvgIpc) is 3.00. The van der Waals surface area contributed by atoms with Gasteiger partial charge in [0, 0.05) is 18.8 Å². The van der Waals surface area contributed by atoms with Crippen molar-refractivity contribution in [2.45, 2.75) is 46.6 Å². The van der Waals surface area contributed by atoms with E-state index in [2.05, 4.69) is 4.98 Å². The molecule has 1 aliphatic rings. The Hall–Kier alpha value is -2.20. The molecule has 1 aromatic heterocycles. The largest absolute Gasteiger partial charge is 0.465 e. The Morgan fingerprint density at radius 1 is 1.21 bits per heavy atom. The summed E-state index contributed by atoms with van der Waals surface area (Å²) in [6, 6.07) is 0. The Morgan fingerprint density at radius 2 is 1.79 bits per heavy atom. The fourth-order valence-corrected chi connectivity index (χ4v) is 4.62. The van der Waals surface area contributed by atoms with Gasteiger partial charge in [0.05, 0.1) is 30.0 Å². The van der Waals surface area contributed by atoms with Gasteiger partial charge in [0.1, 0.15) is 0 Å².